The van der Waals surface area contributed by atoms with E-state index in [0.717, 1.165) is 20.3 Å². The van der Waals surface area contributed by atoms with Crippen molar-refractivity contribution in [3.8, 4) is 0 Å². The number of carbonyl (C=O) groups is 2. The molecule has 0 aliphatic heterocycles. The van der Waals surface area contributed by atoms with Gasteiger partial charge in [0.1, 0.15) is 0 Å². The molecule has 25 heavy (non-hydrogen) atoms. The summed E-state index contributed by atoms with van der Waals surface area (Å²) in [5, 5.41) is 12.3. The van der Waals surface area contributed by atoms with Gasteiger partial charge < -0.3 is 10.4 Å². The first-order valence-corrected chi connectivity index (χ1v) is 9.21. The van der Waals surface area contributed by atoms with Gasteiger partial charge in [0.05, 0.1) is 17.5 Å². The van der Waals surface area contributed by atoms with Gasteiger partial charge in [0, 0.05) is 3.57 Å². The second kappa shape index (κ2) is 8.47. The number of carboxylic acids is 1. The zero-order valence-electron chi connectivity index (χ0n) is 14.5. The molecule has 0 aromatic heterocycles. The fourth-order valence-electron chi connectivity index (χ4n) is 2.90. The fourth-order valence-corrected chi connectivity index (χ4v) is 3.42. The lowest BCUT2D eigenvalue weighted by Crippen LogP contribution is -2.34. The normalized spacial score (nSPS) is 13.1. The van der Waals surface area contributed by atoms with Crippen molar-refractivity contribution in [1.29, 1.82) is 0 Å². The van der Waals surface area contributed by atoms with E-state index in [1.54, 1.807) is 6.92 Å². The summed E-state index contributed by atoms with van der Waals surface area (Å²) in [6, 6.07) is 13.5. The number of carboxylic acid groups (broad SMARTS) is 1. The molecule has 4 nitrogen and oxygen atoms in total. The predicted octanol–water partition coefficient (Wildman–Crippen LogP) is 4.43. The quantitative estimate of drug-likeness (QED) is 0.639. The zero-order chi connectivity index (χ0) is 18.6. The van der Waals surface area contributed by atoms with Crippen LogP contribution in [0.3, 0.4) is 0 Å². The van der Waals surface area contributed by atoms with Crippen LogP contribution >= 0.6 is 22.6 Å². The van der Waals surface area contributed by atoms with Gasteiger partial charge in [-0.2, -0.15) is 0 Å². The van der Waals surface area contributed by atoms with Gasteiger partial charge in [-0.15, -0.1) is 0 Å². The predicted molar refractivity (Wildman–Crippen MR) is 108 cm³/mol. The van der Waals surface area contributed by atoms with E-state index in [9.17, 15) is 14.7 Å². The molecule has 0 saturated carbocycles. The van der Waals surface area contributed by atoms with Crippen LogP contribution in [0, 0.1) is 29.3 Å². The number of amides is 1. The Kier molecular flexibility index (Phi) is 6.58. The average molecular weight is 451 g/mol. The van der Waals surface area contributed by atoms with Crippen molar-refractivity contribution < 1.29 is 14.7 Å². The summed E-state index contributed by atoms with van der Waals surface area (Å²) in [7, 11) is 0. The molecule has 0 fully saturated rings. The Morgan fingerprint density at radius 1 is 1.12 bits per heavy atom. The number of rotatable bonds is 6. The van der Waals surface area contributed by atoms with Gasteiger partial charge >= 0.3 is 5.97 Å². The highest BCUT2D eigenvalue weighted by Crippen LogP contribution is 2.24. The van der Waals surface area contributed by atoms with Gasteiger partial charge in [-0.25, -0.2) is 0 Å². The minimum atomic E-state index is -0.965. The van der Waals surface area contributed by atoms with E-state index in [0.29, 0.717) is 12.1 Å². The van der Waals surface area contributed by atoms with Crippen molar-refractivity contribution in [3.63, 3.8) is 0 Å². The number of para-hydroxylation sites is 1. The molecular formula is C20H22INO3. The van der Waals surface area contributed by atoms with E-state index in [2.05, 4.69) is 34.0 Å². The minimum absolute atomic E-state index is 0.266. The van der Waals surface area contributed by atoms with Crippen molar-refractivity contribution in [2.24, 2.45) is 11.8 Å². The summed E-state index contributed by atoms with van der Waals surface area (Å²) in [6.07, 6.45) is 0.394. The lowest BCUT2D eigenvalue weighted by Gasteiger charge is -2.21. The number of carbonyl (C=O) groups excluding carboxylic acids is 1. The maximum atomic E-state index is 12.8. The summed E-state index contributed by atoms with van der Waals surface area (Å²) >= 11 is 2.15. The first-order chi connectivity index (χ1) is 11.8. The standard InChI is InChI=1S/C20H22INO3/c1-12-8-13(2)10-15(9-12)11-16(14(3)20(24)25)19(23)22-18-7-5-4-6-17(18)21/h4-10,14,16H,11H2,1-3H3,(H,22,23)(H,24,25). The third-order valence-corrected chi connectivity index (χ3v) is 5.14. The number of benzene rings is 2. The molecule has 2 unspecified atom stereocenters. The number of hydrogen-bond acceptors (Lipinski definition) is 2. The molecule has 2 aromatic carbocycles. The molecule has 2 rings (SSSR count). The summed E-state index contributed by atoms with van der Waals surface area (Å²) in [5.41, 5.74) is 3.90. The van der Waals surface area contributed by atoms with E-state index >= 15 is 0 Å². The molecule has 0 radical (unpaired) electrons. The first kappa shape index (κ1) is 19.4. The van der Waals surface area contributed by atoms with Crippen LogP contribution in [0.4, 0.5) is 5.69 Å². The molecule has 2 N–H and O–H groups in total. The highest BCUT2D eigenvalue weighted by Gasteiger charge is 2.30. The van der Waals surface area contributed by atoms with Crippen LogP contribution < -0.4 is 5.32 Å². The number of anilines is 1. The molecule has 0 aliphatic rings. The molecule has 0 aliphatic carbocycles. The van der Waals surface area contributed by atoms with Crippen LogP contribution in [-0.2, 0) is 16.0 Å². The minimum Gasteiger partial charge on any atom is -0.481 e. The highest BCUT2D eigenvalue weighted by atomic mass is 127. The van der Waals surface area contributed by atoms with Gasteiger partial charge in [0.2, 0.25) is 5.91 Å². The van der Waals surface area contributed by atoms with E-state index < -0.39 is 17.8 Å². The van der Waals surface area contributed by atoms with E-state index in [-0.39, 0.29) is 5.91 Å². The van der Waals surface area contributed by atoms with Crippen LogP contribution in [0.2, 0.25) is 0 Å². The molecule has 0 saturated heterocycles. The number of aliphatic carboxylic acids is 1. The first-order valence-electron chi connectivity index (χ1n) is 8.13. The summed E-state index contributed by atoms with van der Waals surface area (Å²) in [4.78, 5) is 24.3. The lowest BCUT2D eigenvalue weighted by molar-refractivity contribution is -0.145. The number of hydrogen-bond donors (Lipinski definition) is 2. The highest BCUT2D eigenvalue weighted by molar-refractivity contribution is 14.1. The third kappa shape index (κ3) is 5.29. The molecule has 2 aromatic rings. The van der Waals surface area contributed by atoms with Crippen molar-refractivity contribution in [3.05, 3.63) is 62.7 Å². The molecule has 5 heteroatoms. The van der Waals surface area contributed by atoms with Crippen molar-refractivity contribution in [1.82, 2.24) is 0 Å². The average Bonchev–Trinajstić information content (AvgIpc) is 2.53. The summed E-state index contributed by atoms with van der Waals surface area (Å²) < 4.78 is 0.918. The van der Waals surface area contributed by atoms with Crippen LogP contribution in [0.5, 0.6) is 0 Å². The van der Waals surface area contributed by atoms with Crippen LogP contribution in [0.25, 0.3) is 0 Å². The van der Waals surface area contributed by atoms with Gasteiger partial charge in [-0.1, -0.05) is 48.4 Å². The van der Waals surface area contributed by atoms with E-state index in [1.165, 1.54) is 0 Å². The zero-order valence-corrected chi connectivity index (χ0v) is 16.7. The smallest absolute Gasteiger partial charge is 0.307 e. The molecule has 0 heterocycles. The monoisotopic (exact) mass is 451 g/mol. The van der Waals surface area contributed by atoms with Crippen molar-refractivity contribution in [2.75, 3.05) is 5.32 Å². The molecule has 0 bridgehead atoms. The number of nitrogens with one attached hydrogen (secondary N) is 1. The topological polar surface area (TPSA) is 66.4 Å². The number of halogens is 1. The van der Waals surface area contributed by atoms with E-state index in [4.69, 9.17) is 0 Å². The van der Waals surface area contributed by atoms with Crippen LogP contribution in [0.15, 0.2) is 42.5 Å². The van der Waals surface area contributed by atoms with Gasteiger partial charge in [-0.3, -0.25) is 9.59 Å². The van der Waals surface area contributed by atoms with E-state index in [1.807, 2.05) is 50.2 Å². The Labute approximate surface area is 161 Å². The second-order valence-electron chi connectivity index (χ2n) is 6.40. The Morgan fingerprint density at radius 2 is 1.72 bits per heavy atom. The maximum absolute atomic E-state index is 12.8. The van der Waals surface area contributed by atoms with Crippen LogP contribution in [-0.4, -0.2) is 17.0 Å². The molecule has 132 valence electrons. The molecule has 0 spiro atoms. The Bertz CT molecular complexity index is 768. The van der Waals surface area contributed by atoms with Gasteiger partial charge in [-0.05, 0) is 60.6 Å². The summed E-state index contributed by atoms with van der Waals surface area (Å²) in [5.74, 6) is -2.65. The fraction of sp³-hybridized carbons (Fsp3) is 0.300. The Morgan fingerprint density at radius 3 is 2.28 bits per heavy atom. The van der Waals surface area contributed by atoms with Crippen molar-refractivity contribution >= 4 is 40.2 Å². The largest absolute Gasteiger partial charge is 0.481 e. The Hall–Kier alpha value is -1.89. The number of aryl methyl sites for hydroxylation is 2. The lowest BCUT2D eigenvalue weighted by atomic mass is 9.86. The summed E-state index contributed by atoms with van der Waals surface area (Å²) in [6.45, 7) is 5.59. The molecular weight excluding hydrogens is 429 g/mol. The second-order valence-corrected chi connectivity index (χ2v) is 7.56. The van der Waals surface area contributed by atoms with Gasteiger partial charge in [0.15, 0.2) is 0 Å². The van der Waals surface area contributed by atoms with Crippen molar-refractivity contribution in [2.45, 2.75) is 27.2 Å². The third-order valence-electron chi connectivity index (χ3n) is 4.20. The maximum Gasteiger partial charge on any atom is 0.307 e. The molecule has 1 amide bonds. The van der Waals surface area contributed by atoms with Gasteiger partial charge in [0.25, 0.3) is 0 Å². The van der Waals surface area contributed by atoms with Crippen LogP contribution in [0.1, 0.15) is 23.6 Å². The molecule has 2 atom stereocenters. The SMILES string of the molecule is Cc1cc(C)cc(CC(C(=O)Nc2ccccc2I)C(C)C(=O)O)c1. The Balaban J connectivity index is 2.27.